The number of nitrogens with one attached hydrogen (secondary N) is 2. The lowest BCUT2D eigenvalue weighted by molar-refractivity contribution is -0.131. The number of imide groups is 1. The summed E-state index contributed by atoms with van der Waals surface area (Å²) in [5, 5.41) is 25.8. The molecule has 8 nitrogen and oxygen atoms in total. The third kappa shape index (κ3) is 5.13. The van der Waals surface area contributed by atoms with Crippen LogP contribution in [0.4, 0.5) is 14.9 Å². The summed E-state index contributed by atoms with van der Waals surface area (Å²) in [5.41, 5.74) is 1.54. The fourth-order valence-corrected chi connectivity index (χ4v) is 5.05. The molecule has 2 saturated heterocycles. The van der Waals surface area contributed by atoms with Crippen molar-refractivity contribution in [3.63, 3.8) is 0 Å². The number of benzene rings is 2. The van der Waals surface area contributed by atoms with E-state index in [0.717, 1.165) is 23.7 Å². The van der Waals surface area contributed by atoms with Crippen molar-refractivity contribution >= 4 is 28.6 Å². The summed E-state index contributed by atoms with van der Waals surface area (Å²) in [5.74, 6) is -1.72. The van der Waals surface area contributed by atoms with Gasteiger partial charge in [0.2, 0.25) is 11.8 Å². The van der Waals surface area contributed by atoms with Crippen molar-refractivity contribution in [1.29, 1.82) is 0 Å². The number of rotatable bonds is 8. The van der Waals surface area contributed by atoms with E-state index in [1.165, 1.54) is 24.3 Å². The molecule has 0 aromatic heterocycles. The fourth-order valence-electron chi connectivity index (χ4n) is 4.19. The molecule has 2 aromatic rings. The minimum absolute atomic E-state index is 0.0618. The van der Waals surface area contributed by atoms with Gasteiger partial charge in [0.1, 0.15) is 17.7 Å². The molecule has 2 heterocycles. The molecule has 4 N–H and O–H groups in total. The van der Waals surface area contributed by atoms with E-state index >= 15 is 4.39 Å². The number of carbonyl (C=O) groups is 2. The van der Waals surface area contributed by atoms with Crippen LogP contribution in [0.5, 0.6) is 11.5 Å². The second kappa shape index (κ2) is 10.2. The van der Waals surface area contributed by atoms with Crippen LogP contribution in [0.3, 0.4) is 0 Å². The van der Waals surface area contributed by atoms with Crippen molar-refractivity contribution in [1.82, 2.24) is 10.6 Å². The van der Waals surface area contributed by atoms with Gasteiger partial charge in [-0.25, -0.2) is 4.39 Å². The minimum atomic E-state index is -1.82. The Labute approximate surface area is 201 Å². The summed E-state index contributed by atoms with van der Waals surface area (Å²) in [6.07, 6.45) is -1.37. The number of alkyl halides is 1. The Morgan fingerprint density at radius 1 is 1.21 bits per heavy atom. The third-order valence-corrected chi connectivity index (χ3v) is 6.92. The molecule has 0 aliphatic carbocycles. The standard InChI is InChI=1S/C24H28FN3O5S/c1-2-12-26-24(32)21(33-18-9-7-17(29)8-10-18)19(25)11-13-28(24)16-5-3-15(4-6-16)14-20-22(30)27-23(31)34-20/h3-10,19-21,26,29,32H,2,11-14H2,1H3,(H,27,30,31)/t19?,20?,21?,24-/m0/s1. The Bertz CT molecular complexity index is 1020. The Balaban J connectivity index is 1.56. The maximum absolute atomic E-state index is 15.1. The highest BCUT2D eigenvalue weighted by molar-refractivity contribution is 8.15. The molecule has 0 saturated carbocycles. The average Bonchev–Trinajstić information content (AvgIpc) is 3.13. The van der Waals surface area contributed by atoms with Crippen LogP contribution in [-0.4, -0.2) is 57.8 Å². The number of phenols is 1. The number of halogens is 1. The van der Waals surface area contributed by atoms with Crippen LogP contribution in [0.1, 0.15) is 25.3 Å². The Morgan fingerprint density at radius 3 is 2.53 bits per heavy atom. The summed E-state index contributed by atoms with van der Waals surface area (Å²) in [6.45, 7) is 2.65. The van der Waals surface area contributed by atoms with E-state index in [9.17, 15) is 19.8 Å². The molecule has 2 aliphatic heterocycles. The lowest BCUT2D eigenvalue weighted by atomic mass is 9.97. The average molecular weight is 490 g/mol. The number of aliphatic hydroxyl groups is 1. The molecule has 0 bridgehead atoms. The van der Waals surface area contributed by atoms with E-state index in [1.54, 1.807) is 4.90 Å². The lowest BCUT2D eigenvalue weighted by Gasteiger charge is -2.50. The van der Waals surface area contributed by atoms with E-state index in [1.807, 2.05) is 31.2 Å². The van der Waals surface area contributed by atoms with Crippen LogP contribution in [0, 0.1) is 0 Å². The summed E-state index contributed by atoms with van der Waals surface area (Å²) in [6, 6.07) is 13.2. The zero-order valence-corrected chi connectivity index (χ0v) is 19.6. The van der Waals surface area contributed by atoms with Gasteiger partial charge in [0.25, 0.3) is 5.24 Å². The molecule has 3 unspecified atom stereocenters. The number of hydrogen-bond acceptors (Lipinski definition) is 8. The van der Waals surface area contributed by atoms with Gasteiger partial charge in [-0.05, 0) is 61.3 Å². The number of anilines is 1. The van der Waals surface area contributed by atoms with Crippen LogP contribution < -0.4 is 20.3 Å². The third-order valence-electron chi connectivity index (χ3n) is 5.94. The predicted molar refractivity (Wildman–Crippen MR) is 128 cm³/mol. The zero-order valence-electron chi connectivity index (χ0n) is 18.7. The van der Waals surface area contributed by atoms with Gasteiger partial charge in [0.05, 0.1) is 5.25 Å². The molecule has 0 spiro atoms. The van der Waals surface area contributed by atoms with Crippen molar-refractivity contribution in [2.45, 2.75) is 49.6 Å². The van der Waals surface area contributed by atoms with E-state index in [4.69, 9.17) is 4.74 Å². The summed E-state index contributed by atoms with van der Waals surface area (Å²) < 4.78 is 21.0. The van der Waals surface area contributed by atoms with E-state index in [2.05, 4.69) is 10.6 Å². The number of piperidine rings is 1. The van der Waals surface area contributed by atoms with E-state index < -0.39 is 23.4 Å². The Morgan fingerprint density at radius 2 is 1.91 bits per heavy atom. The Kier molecular flexibility index (Phi) is 7.30. The highest BCUT2D eigenvalue weighted by Gasteiger charge is 2.52. The van der Waals surface area contributed by atoms with Crippen molar-refractivity contribution in [2.24, 2.45) is 0 Å². The summed E-state index contributed by atoms with van der Waals surface area (Å²) >= 11 is 0.978. The second-order valence-electron chi connectivity index (χ2n) is 8.40. The van der Waals surface area contributed by atoms with Crippen LogP contribution in [0.2, 0.25) is 0 Å². The molecule has 182 valence electrons. The first-order chi connectivity index (χ1) is 16.3. The highest BCUT2D eigenvalue weighted by atomic mass is 32.2. The van der Waals surface area contributed by atoms with E-state index in [0.29, 0.717) is 24.4 Å². The minimum Gasteiger partial charge on any atom is -0.508 e. The molecule has 2 aliphatic rings. The van der Waals surface area contributed by atoms with Gasteiger partial charge < -0.3 is 19.8 Å². The first-order valence-corrected chi connectivity index (χ1v) is 12.1. The van der Waals surface area contributed by atoms with Crippen molar-refractivity contribution < 1.29 is 28.9 Å². The van der Waals surface area contributed by atoms with Crippen molar-refractivity contribution in [3.05, 3.63) is 54.1 Å². The monoisotopic (exact) mass is 489 g/mol. The maximum atomic E-state index is 15.1. The smallest absolute Gasteiger partial charge is 0.286 e. The number of hydrogen-bond donors (Lipinski definition) is 4. The number of nitrogens with zero attached hydrogens (tertiary/aromatic N) is 1. The summed E-state index contributed by atoms with van der Waals surface area (Å²) in [7, 11) is 0. The first kappa shape index (κ1) is 24.3. The van der Waals surface area contributed by atoms with Gasteiger partial charge in [-0.15, -0.1) is 0 Å². The maximum Gasteiger partial charge on any atom is 0.286 e. The number of ether oxygens (including phenoxy) is 1. The van der Waals surface area contributed by atoms with Crippen LogP contribution in [-0.2, 0) is 11.2 Å². The van der Waals surface area contributed by atoms with Crippen molar-refractivity contribution in [2.75, 3.05) is 18.0 Å². The molecule has 4 rings (SSSR count). The number of thioether (sulfide) groups is 1. The van der Waals surface area contributed by atoms with Crippen LogP contribution in [0.25, 0.3) is 0 Å². The molecule has 0 radical (unpaired) electrons. The predicted octanol–water partition coefficient (Wildman–Crippen LogP) is 2.93. The van der Waals surface area contributed by atoms with Gasteiger partial charge in [0, 0.05) is 18.7 Å². The van der Waals surface area contributed by atoms with Gasteiger partial charge in [-0.3, -0.25) is 20.2 Å². The topological polar surface area (TPSA) is 111 Å². The fraction of sp³-hybridized carbons (Fsp3) is 0.417. The Hall–Kier alpha value is -2.82. The van der Waals surface area contributed by atoms with Gasteiger partial charge in [-0.2, -0.15) is 0 Å². The largest absolute Gasteiger partial charge is 0.508 e. The number of amides is 2. The molecule has 2 amide bonds. The molecule has 2 aromatic carbocycles. The highest BCUT2D eigenvalue weighted by Crippen LogP contribution is 2.35. The zero-order chi connectivity index (χ0) is 24.3. The SMILES string of the molecule is CCCN[C@@]1(O)C(Oc2ccc(O)cc2)C(F)CCN1c1ccc(CC2SC(=O)NC2=O)cc1. The van der Waals surface area contributed by atoms with Gasteiger partial charge >= 0.3 is 0 Å². The number of phenolic OH excluding ortho intramolecular Hbond substituents is 1. The molecular weight excluding hydrogens is 461 g/mol. The molecule has 2 fully saturated rings. The lowest BCUT2D eigenvalue weighted by Crippen LogP contribution is -2.73. The van der Waals surface area contributed by atoms with Crippen LogP contribution in [0.15, 0.2) is 48.5 Å². The number of aromatic hydroxyl groups is 1. The van der Waals surface area contributed by atoms with Gasteiger partial charge in [0.15, 0.2) is 6.10 Å². The quantitative estimate of drug-likeness (QED) is 0.419. The number of carbonyl (C=O) groups excluding carboxylic acids is 2. The first-order valence-electron chi connectivity index (χ1n) is 11.3. The van der Waals surface area contributed by atoms with Gasteiger partial charge in [-0.1, -0.05) is 30.8 Å². The second-order valence-corrected chi connectivity index (χ2v) is 9.57. The normalized spacial score (nSPS) is 27.0. The van der Waals surface area contributed by atoms with Crippen molar-refractivity contribution in [3.8, 4) is 11.5 Å². The summed E-state index contributed by atoms with van der Waals surface area (Å²) in [4.78, 5) is 25.0. The van der Waals surface area contributed by atoms with Crippen LogP contribution >= 0.6 is 11.8 Å². The van der Waals surface area contributed by atoms with E-state index in [-0.39, 0.29) is 29.9 Å². The molecule has 4 atom stereocenters. The molecule has 10 heteroatoms. The molecular formula is C24H28FN3O5S. The molecule has 34 heavy (non-hydrogen) atoms.